The van der Waals surface area contributed by atoms with E-state index in [0.717, 1.165) is 24.2 Å². The predicted molar refractivity (Wildman–Crippen MR) is 59.9 cm³/mol. The third-order valence-corrected chi connectivity index (χ3v) is 1.50. The Hall–Kier alpha value is -1.31. The first-order valence-electron chi connectivity index (χ1n) is 4.45. The van der Waals surface area contributed by atoms with Crippen molar-refractivity contribution in [2.75, 3.05) is 7.05 Å². The largest absolute Gasteiger partial charge is 0.389 e. The molecule has 72 valence electrons. The van der Waals surface area contributed by atoms with E-state index < -0.39 is 0 Å². The Kier molecular flexibility index (Phi) is 6.60. The van der Waals surface area contributed by atoms with Gasteiger partial charge in [0, 0.05) is 24.7 Å². The average Bonchev–Trinajstić information content (AvgIpc) is 2.12. The van der Waals surface area contributed by atoms with Crippen molar-refractivity contribution in [1.82, 2.24) is 5.32 Å². The zero-order valence-corrected chi connectivity index (χ0v) is 8.51. The van der Waals surface area contributed by atoms with Gasteiger partial charge in [0.15, 0.2) is 0 Å². The lowest BCUT2D eigenvalue weighted by atomic mass is 10.3. The van der Waals surface area contributed by atoms with Gasteiger partial charge < -0.3 is 5.32 Å². The highest BCUT2D eigenvalue weighted by Gasteiger charge is 1.84. The summed E-state index contributed by atoms with van der Waals surface area (Å²) < 4.78 is 0. The second-order valence-corrected chi connectivity index (χ2v) is 2.73. The molecule has 0 saturated heterocycles. The summed E-state index contributed by atoms with van der Waals surface area (Å²) in [6.07, 6.45) is 7.49. The van der Waals surface area contributed by atoms with Crippen molar-refractivity contribution >= 4 is 6.21 Å². The van der Waals surface area contributed by atoms with Crippen molar-refractivity contribution in [3.63, 3.8) is 0 Å². The normalized spacial score (nSPS) is 10.9. The maximum atomic E-state index is 4.14. The number of hydrogen-bond donors (Lipinski definition) is 1. The van der Waals surface area contributed by atoms with E-state index in [-0.39, 0.29) is 0 Å². The molecule has 1 N–H and O–H groups in total. The van der Waals surface area contributed by atoms with E-state index in [9.17, 15) is 0 Å². The van der Waals surface area contributed by atoms with Crippen LogP contribution in [-0.4, -0.2) is 13.3 Å². The molecule has 0 saturated carbocycles. The minimum absolute atomic E-state index is 0.868. The van der Waals surface area contributed by atoms with Gasteiger partial charge in [-0.05, 0) is 18.6 Å². The number of likely N-dealkylation sites (N-methyl/N-ethyl adjacent to an activating group) is 1. The molecule has 0 heterocycles. The summed E-state index contributed by atoms with van der Waals surface area (Å²) in [5.74, 6) is 0. The fraction of sp³-hybridized carbons (Fsp3) is 0.364. The molecule has 0 spiro atoms. The first-order chi connectivity index (χ1) is 6.20. The molecule has 0 bridgehead atoms. The third kappa shape index (κ3) is 7.06. The summed E-state index contributed by atoms with van der Waals surface area (Å²) in [4.78, 5) is 4.14. The molecular weight excluding hydrogens is 160 g/mol. The first-order valence-corrected chi connectivity index (χ1v) is 4.45. The van der Waals surface area contributed by atoms with Crippen LogP contribution in [0.25, 0.3) is 0 Å². The monoisotopic (exact) mass is 178 g/mol. The Labute approximate surface area is 80.8 Å². The quantitative estimate of drug-likeness (QED) is 0.491. The Morgan fingerprint density at radius 1 is 1.46 bits per heavy atom. The van der Waals surface area contributed by atoms with Crippen LogP contribution >= 0.6 is 0 Å². The van der Waals surface area contributed by atoms with Gasteiger partial charge in [0.2, 0.25) is 0 Å². The molecular formula is C11H18N2. The number of hydrogen-bond acceptors (Lipinski definition) is 2. The highest BCUT2D eigenvalue weighted by Crippen LogP contribution is 2.01. The van der Waals surface area contributed by atoms with Gasteiger partial charge in [-0.2, -0.15) is 0 Å². The Morgan fingerprint density at radius 3 is 2.69 bits per heavy atom. The summed E-state index contributed by atoms with van der Waals surface area (Å²) in [6, 6.07) is 0. The van der Waals surface area contributed by atoms with Crippen LogP contribution in [0.15, 0.2) is 41.7 Å². The molecule has 0 aromatic carbocycles. The Morgan fingerprint density at radius 2 is 2.15 bits per heavy atom. The van der Waals surface area contributed by atoms with Crippen LogP contribution < -0.4 is 5.32 Å². The number of nitrogens with zero attached hydrogens (tertiary/aromatic N) is 1. The van der Waals surface area contributed by atoms with Crippen LogP contribution in [-0.2, 0) is 0 Å². The van der Waals surface area contributed by atoms with Crippen LogP contribution in [0.1, 0.15) is 19.8 Å². The Balaban J connectivity index is 3.80. The third-order valence-electron chi connectivity index (χ3n) is 1.50. The topological polar surface area (TPSA) is 24.4 Å². The van der Waals surface area contributed by atoms with E-state index in [1.54, 1.807) is 6.21 Å². The standard InChI is InChI=1S/C11H18N2/c1-5-7-11(3)13-9-6-8-10(2)12-4/h6,8-9,12H,2-3,5,7H2,1,4H3/b8-6-,13-9?. The molecule has 0 atom stereocenters. The lowest BCUT2D eigenvalue weighted by molar-refractivity contribution is 0.899. The lowest BCUT2D eigenvalue weighted by Gasteiger charge is -1.94. The number of rotatable bonds is 6. The van der Waals surface area contributed by atoms with Crippen molar-refractivity contribution in [2.45, 2.75) is 19.8 Å². The molecule has 0 aliphatic rings. The van der Waals surface area contributed by atoms with Gasteiger partial charge in [-0.25, -0.2) is 0 Å². The zero-order chi connectivity index (χ0) is 10.1. The zero-order valence-electron chi connectivity index (χ0n) is 8.51. The van der Waals surface area contributed by atoms with E-state index in [4.69, 9.17) is 0 Å². The van der Waals surface area contributed by atoms with E-state index in [2.05, 4.69) is 30.4 Å². The fourth-order valence-corrected chi connectivity index (χ4v) is 0.744. The van der Waals surface area contributed by atoms with Crippen molar-refractivity contribution in [3.05, 3.63) is 36.7 Å². The summed E-state index contributed by atoms with van der Waals surface area (Å²) in [6.45, 7) is 9.67. The summed E-state index contributed by atoms with van der Waals surface area (Å²) in [5.41, 5.74) is 1.79. The molecule has 0 aliphatic carbocycles. The molecule has 0 unspecified atom stereocenters. The van der Waals surface area contributed by atoms with Crippen LogP contribution in [0.4, 0.5) is 0 Å². The second kappa shape index (κ2) is 7.35. The lowest BCUT2D eigenvalue weighted by Crippen LogP contribution is -2.00. The van der Waals surface area contributed by atoms with Gasteiger partial charge in [-0.3, -0.25) is 4.99 Å². The average molecular weight is 178 g/mol. The fourth-order valence-electron chi connectivity index (χ4n) is 0.744. The maximum Gasteiger partial charge on any atom is 0.0331 e. The van der Waals surface area contributed by atoms with Gasteiger partial charge in [0.25, 0.3) is 0 Å². The van der Waals surface area contributed by atoms with E-state index >= 15 is 0 Å². The van der Waals surface area contributed by atoms with Crippen molar-refractivity contribution < 1.29 is 0 Å². The van der Waals surface area contributed by atoms with E-state index in [1.165, 1.54) is 0 Å². The second-order valence-electron chi connectivity index (χ2n) is 2.73. The van der Waals surface area contributed by atoms with Gasteiger partial charge in [-0.1, -0.05) is 26.5 Å². The van der Waals surface area contributed by atoms with Crippen LogP contribution in [0.5, 0.6) is 0 Å². The molecule has 0 aromatic rings. The molecule has 2 heteroatoms. The molecule has 0 radical (unpaired) electrons. The summed E-state index contributed by atoms with van der Waals surface area (Å²) in [5, 5.41) is 2.91. The number of nitrogens with one attached hydrogen (secondary N) is 1. The highest BCUT2D eigenvalue weighted by molar-refractivity contribution is 5.72. The number of aliphatic imine (C=N–C) groups is 1. The summed E-state index contributed by atoms with van der Waals surface area (Å²) >= 11 is 0. The molecule has 0 aliphatic heterocycles. The van der Waals surface area contributed by atoms with Gasteiger partial charge in [0.05, 0.1) is 0 Å². The molecule has 2 nitrogen and oxygen atoms in total. The maximum absolute atomic E-state index is 4.14. The van der Waals surface area contributed by atoms with Crippen LogP contribution in [0.3, 0.4) is 0 Å². The van der Waals surface area contributed by atoms with Crippen molar-refractivity contribution in [3.8, 4) is 0 Å². The van der Waals surface area contributed by atoms with Gasteiger partial charge >= 0.3 is 0 Å². The number of allylic oxidation sites excluding steroid dienone is 3. The summed E-state index contributed by atoms with van der Waals surface area (Å²) in [7, 11) is 1.83. The van der Waals surface area contributed by atoms with Crippen LogP contribution in [0, 0.1) is 0 Å². The van der Waals surface area contributed by atoms with Crippen LogP contribution in [0.2, 0.25) is 0 Å². The molecule has 13 heavy (non-hydrogen) atoms. The molecule has 0 fully saturated rings. The van der Waals surface area contributed by atoms with E-state index in [0.29, 0.717) is 0 Å². The Bertz CT molecular complexity index is 224. The van der Waals surface area contributed by atoms with Gasteiger partial charge in [0.1, 0.15) is 0 Å². The van der Waals surface area contributed by atoms with E-state index in [1.807, 2.05) is 19.2 Å². The smallest absolute Gasteiger partial charge is 0.0331 e. The molecule has 0 rings (SSSR count). The minimum atomic E-state index is 0.868. The first kappa shape index (κ1) is 11.7. The van der Waals surface area contributed by atoms with Crippen molar-refractivity contribution in [1.29, 1.82) is 0 Å². The molecule has 0 aromatic heterocycles. The predicted octanol–water partition coefficient (Wildman–Crippen LogP) is 2.66. The highest BCUT2D eigenvalue weighted by atomic mass is 14.8. The van der Waals surface area contributed by atoms with Crippen molar-refractivity contribution in [2.24, 2.45) is 4.99 Å². The van der Waals surface area contributed by atoms with Gasteiger partial charge in [-0.15, -0.1) is 0 Å². The SMILES string of the molecule is C=C(CCC)N=C/C=C\C(=C)NC. The minimum Gasteiger partial charge on any atom is -0.389 e. The molecule has 0 amide bonds.